The minimum atomic E-state index is -0.617. The van der Waals surface area contributed by atoms with Gasteiger partial charge in [0.1, 0.15) is 11.4 Å². The van der Waals surface area contributed by atoms with Gasteiger partial charge in [-0.1, -0.05) is 31.0 Å². The van der Waals surface area contributed by atoms with Gasteiger partial charge in [0.25, 0.3) is 0 Å². The molecule has 22 heavy (non-hydrogen) atoms. The fourth-order valence-corrected chi connectivity index (χ4v) is 3.70. The SMILES string of the molecule is CN(C(=O)CSc1n[nH]c(C2CC2)n1)C1(C#N)CCCCC1. The summed E-state index contributed by atoms with van der Waals surface area (Å²) in [6.45, 7) is 0. The van der Waals surface area contributed by atoms with Gasteiger partial charge in [0.2, 0.25) is 11.1 Å². The summed E-state index contributed by atoms with van der Waals surface area (Å²) in [5.41, 5.74) is -0.617. The zero-order valence-electron chi connectivity index (χ0n) is 12.8. The highest BCUT2D eigenvalue weighted by atomic mass is 32.2. The molecule has 1 N–H and O–H groups in total. The first-order valence-corrected chi connectivity index (χ1v) is 8.86. The van der Waals surface area contributed by atoms with Gasteiger partial charge in [0.15, 0.2) is 0 Å². The van der Waals surface area contributed by atoms with Crippen LogP contribution in [0.15, 0.2) is 5.16 Å². The molecule has 0 spiro atoms. The van der Waals surface area contributed by atoms with Gasteiger partial charge >= 0.3 is 0 Å². The Morgan fingerprint density at radius 2 is 2.18 bits per heavy atom. The molecule has 3 rings (SSSR count). The Hall–Kier alpha value is -1.55. The van der Waals surface area contributed by atoms with E-state index in [0.29, 0.717) is 11.1 Å². The van der Waals surface area contributed by atoms with Crippen molar-refractivity contribution in [1.29, 1.82) is 5.26 Å². The van der Waals surface area contributed by atoms with Gasteiger partial charge in [-0.05, 0) is 25.7 Å². The van der Waals surface area contributed by atoms with Crippen molar-refractivity contribution < 1.29 is 4.79 Å². The van der Waals surface area contributed by atoms with Crippen LogP contribution < -0.4 is 0 Å². The number of thioether (sulfide) groups is 1. The zero-order valence-corrected chi connectivity index (χ0v) is 13.7. The van der Waals surface area contributed by atoms with Crippen LogP contribution in [-0.2, 0) is 4.79 Å². The van der Waals surface area contributed by atoms with Crippen molar-refractivity contribution >= 4 is 17.7 Å². The standard InChI is InChI=1S/C15H21N5OS/c1-20(15(10-16)7-3-2-4-8-15)12(21)9-22-14-17-13(18-19-14)11-5-6-11/h11H,2-9H2,1H3,(H,17,18,19). The maximum atomic E-state index is 12.4. The third-order valence-electron chi connectivity index (χ3n) is 4.68. The molecule has 2 aliphatic rings. The van der Waals surface area contributed by atoms with E-state index in [1.54, 1.807) is 11.9 Å². The molecular formula is C15H21N5OS. The Bertz CT molecular complexity index is 583. The summed E-state index contributed by atoms with van der Waals surface area (Å²) < 4.78 is 0. The molecule has 2 aliphatic carbocycles. The largest absolute Gasteiger partial charge is 0.326 e. The topological polar surface area (TPSA) is 85.7 Å². The van der Waals surface area contributed by atoms with Gasteiger partial charge in [0.05, 0.1) is 11.8 Å². The number of carbonyl (C=O) groups excluding carboxylic acids is 1. The number of nitrogens with one attached hydrogen (secondary N) is 1. The molecule has 0 aromatic carbocycles. The monoisotopic (exact) mass is 319 g/mol. The summed E-state index contributed by atoms with van der Waals surface area (Å²) in [5, 5.41) is 17.3. The molecule has 1 amide bonds. The predicted molar refractivity (Wildman–Crippen MR) is 83.3 cm³/mol. The second kappa shape index (κ2) is 6.29. The highest BCUT2D eigenvalue weighted by molar-refractivity contribution is 7.99. The number of aromatic nitrogens is 3. The summed E-state index contributed by atoms with van der Waals surface area (Å²) >= 11 is 1.34. The molecule has 0 saturated heterocycles. The lowest BCUT2D eigenvalue weighted by molar-refractivity contribution is -0.131. The van der Waals surface area contributed by atoms with Gasteiger partial charge in [0, 0.05) is 13.0 Å². The lowest BCUT2D eigenvalue weighted by Crippen LogP contribution is -2.50. The van der Waals surface area contributed by atoms with E-state index in [9.17, 15) is 10.1 Å². The smallest absolute Gasteiger partial charge is 0.234 e. The van der Waals surface area contributed by atoms with Crippen LogP contribution in [0, 0.1) is 11.3 Å². The van der Waals surface area contributed by atoms with Gasteiger partial charge in [-0.25, -0.2) is 4.98 Å². The fourth-order valence-electron chi connectivity index (χ4n) is 2.98. The molecule has 0 radical (unpaired) electrons. The van der Waals surface area contributed by atoms with E-state index in [2.05, 4.69) is 21.3 Å². The van der Waals surface area contributed by atoms with Crippen LogP contribution in [0.2, 0.25) is 0 Å². The molecule has 7 heteroatoms. The van der Waals surface area contributed by atoms with Crippen LogP contribution in [0.1, 0.15) is 56.7 Å². The van der Waals surface area contributed by atoms with Crippen LogP contribution in [-0.4, -0.2) is 44.3 Å². The number of hydrogen-bond acceptors (Lipinski definition) is 5. The van der Waals surface area contributed by atoms with Crippen molar-refractivity contribution in [2.45, 2.75) is 61.6 Å². The third kappa shape index (κ3) is 3.12. The molecule has 1 aromatic heterocycles. The van der Waals surface area contributed by atoms with Gasteiger partial charge in [-0.15, -0.1) is 5.10 Å². The zero-order chi connectivity index (χ0) is 15.6. The Morgan fingerprint density at radius 3 is 2.82 bits per heavy atom. The second-order valence-corrected chi connectivity index (χ2v) is 7.17. The lowest BCUT2D eigenvalue weighted by Gasteiger charge is -2.38. The van der Waals surface area contributed by atoms with E-state index in [1.807, 2.05) is 0 Å². The molecule has 2 fully saturated rings. The van der Waals surface area contributed by atoms with Gasteiger partial charge < -0.3 is 4.90 Å². The molecule has 6 nitrogen and oxygen atoms in total. The average molecular weight is 319 g/mol. The number of aromatic amines is 1. The van der Waals surface area contributed by atoms with Gasteiger partial charge in [-0.3, -0.25) is 9.89 Å². The Balaban J connectivity index is 1.57. The third-order valence-corrected chi connectivity index (χ3v) is 5.51. The summed E-state index contributed by atoms with van der Waals surface area (Å²) in [6, 6.07) is 2.38. The molecular weight excluding hydrogens is 298 g/mol. The summed E-state index contributed by atoms with van der Waals surface area (Å²) in [5.74, 6) is 1.72. The molecule has 0 aliphatic heterocycles. The first-order valence-electron chi connectivity index (χ1n) is 7.88. The number of amides is 1. The highest BCUT2D eigenvalue weighted by Crippen LogP contribution is 2.38. The van der Waals surface area contributed by atoms with Crippen LogP contribution in [0.3, 0.4) is 0 Å². The molecule has 118 valence electrons. The number of nitriles is 1. The van der Waals surface area contributed by atoms with E-state index in [1.165, 1.54) is 24.6 Å². The quantitative estimate of drug-likeness (QED) is 0.843. The first kappa shape index (κ1) is 15.3. The number of carbonyl (C=O) groups is 1. The molecule has 0 unspecified atom stereocenters. The molecule has 0 atom stereocenters. The first-order chi connectivity index (χ1) is 10.6. The van der Waals surface area contributed by atoms with Crippen molar-refractivity contribution in [1.82, 2.24) is 20.1 Å². The number of rotatable bonds is 5. The van der Waals surface area contributed by atoms with Crippen molar-refractivity contribution in [2.24, 2.45) is 0 Å². The van der Waals surface area contributed by atoms with E-state index >= 15 is 0 Å². The molecule has 1 heterocycles. The van der Waals surface area contributed by atoms with Crippen LogP contribution in [0.4, 0.5) is 0 Å². The average Bonchev–Trinajstić information content (AvgIpc) is 3.31. The van der Waals surface area contributed by atoms with Crippen molar-refractivity contribution in [2.75, 3.05) is 12.8 Å². The van der Waals surface area contributed by atoms with Gasteiger partial charge in [-0.2, -0.15) is 5.26 Å². The summed E-state index contributed by atoms with van der Waals surface area (Å²) in [6.07, 6.45) is 7.10. The number of H-pyrrole nitrogens is 1. The molecule has 1 aromatic rings. The maximum absolute atomic E-state index is 12.4. The number of hydrogen-bond donors (Lipinski definition) is 1. The van der Waals surface area contributed by atoms with E-state index < -0.39 is 5.54 Å². The van der Waals surface area contributed by atoms with E-state index in [-0.39, 0.29) is 11.7 Å². The molecule has 2 saturated carbocycles. The normalized spacial score (nSPS) is 20.4. The number of nitrogens with zero attached hydrogens (tertiary/aromatic N) is 4. The molecule has 0 bridgehead atoms. The van der Waals surface area contributed by atoms with E-state index in [4.69, 9.17) is 0 Å². The summed E-state index contributed by atoms with van der Waals surface area (Å²) in [7, 11) is 1.75. The Kier molecular flexibility index (Phi) is 4.39. The Morgan fingerprint density at radius 1 is 1.45 bits per heavy atom. The Labute approximate surface area is 134 Å². The van der Waals surface area contributed by atoms with E-state index in [0.717, 1.165) is 37.9 Å². The predicted octanol–water partition coefficient (Wildman–Crippen LogP) is 2.46. The highest BCUT2D eigenvalue weighted by Gasteiger charge is 2.38. The van der Waals surface area contributed by atoms with Crippen molar-refractivity contribution in [3.05, 3.63) is 5.82 Å². The second-order valence-electron chi connectivity index (χ2n) is 6.22. The summed E-state index contributed by atoms with van der Waals surface area (Å²) in [4.78, 5) is 18.5. The van der Waals surface area contributed by atoms with Crippen molar-refractivity contribution in [3.63, 3.8) is 0 Å². The fraction of sp³-hybridized carbons (Fsp3) is 0.733. The van der Waals surface area contributed by atoms with Crippen LogP contribution in [0.5, 0.6) is 0 Å². The minimum absolute atomic E-state index is 0.0220. The van der Waals surface area contributed by atoms with Crippen molar-refractivity contribution in [3.8, 4) is 6.07 Å². The lowest BCUT2D eigenvalue weighted by atomic mass is 9.81. The van der Waals surface area contributed by atoms with Crippen LogP contribution in [0.25, 0.3) is 0 Å². The maximum Gasteiger partial charge on any atom is 0.234 e. The van der Waals surface area contributed by atoms with Crippen LogP contribution >= 0.6 is 11.8 Å². The minimum Gasteiger partial charge on any atom is -0.326 e.